The molecule has 136 valence electrons. The molecule has 0 saturated heterocycles. The Labute approximate surface area is 162 Å². The molecule has 0 aliphatic heterocycles. The van der Waals surface area contributed by atoms with Crippen LogP contribution >= 0.6 is 11.3 Å². The van der Waals surface area contributed by atoms with Gasteiger partial charge in [-0.3, -0.25) is 4.79 Å². The maximum atomic E-state index is 11.0. The van der Waals surface area contributed by atoms with E-state index in [1.165, 1.54) is 0 Å². The summed E-state index contributed by atoms with van der Waals surface area (Å²) in [7, 11) is 0. The van der Waals surface area contributed by atoms with Crippen molar-refractivity contribution in [2.75, 3.05) is 0 Å². The molecule has 27 heavy (non-hydrogen) atoms. The molecule has 0 saturated carbocycles. The number of benzene rings is 2. The number of thiazole rings is 1. The Bertz CT molecular complexity index is 952. The van der Waals surface area contributed by atoms with Crippen molar-refractivity contribution >= 4 is 17.3 Å². The van der Waals surface area contributed by atoms with E-state index in [1.807, 2.05) is 60.0 Å². The SMILES string of the molecule is CC#CC(CC(=O)O)c1ccc(OCc2csc(-c3ccccc3)n2)cc1. The minimum atomic E-state index is -0.860. The van der Waals surface area contributed by atoms with Crippen molar-refractivity contribution in [3.05, 3.63) is 71.2 Å². The number of hydrogen-bond donors (Lipinski definition) is 1. The molecule has 0 aliphatic carbocycles. The van der Waals surface area contributed by atoms with Crippen LogP contribution in [-0.2, 0) is 11.4 Å². The van der Waals surface area contributed by atoms with Crippen LogP contribution in [0.15, 0.2) is 60.0 Å². The molecule has 1 aromatic heterocycles. The van der Waals surface area contributed by atoms with E-state index in [2.05, 4.69) is 16.8 Å². The fourth-order valence-corrected chi connectivity index (χ4v) is 3.45. The van der Waals surface area contributed by atoms with Gasteiger partial charge in [0.05, 0.1) is 18.0 Å². The first kappa shape index (κ1) is 18.7. The number of carbonyl (C=O) groups is 1. The second kappa shape index (κ2) is 9.02. The van der Waals surface area contributed by atoms with E-state index in [9.17, 15) is 4.79 Å². The highest BCUT2D eigenvalue weighted by Crippen LogP contribution is 2.25. The molecule has 0 bridgehead atoms. The predicted octanol–water partition coefficient (Wildman–Crippen LogP) is 4.97. The van der Waals surface area contributed by atoms with E-state index in [1.54, 1.807) is 18.3 Å². The minimum absolute atomic E-state index is 0.0118. The van der Waals surface area contributed by atoms with Crippen LogP contribution in [0, 0.1) is 11.8 Å². The summed E-state index contributed by atoms with van der Waals surface area (Å²) in [5.41, 5.74) is 2.85. The lowest BCUT2D eigenvalue weighted by Gasteiger charge is -2.10. The first-order valence-electron chi connectivity index (χ1n) is 8.52. The third-order valence-corrected chi connectivity index (χ3v) is 4.88. The van der Waals surface area contributed by atoms with Gasteiger partial charge in [0.1, 0.15) is 17.4 Å². The normalized spacial score (nSPS) is 11.3. The highest BCUT2D eigenvalue weighted by atomic mass is 32.1. The van der Waals surface area contributed by atoms with Crippen molar-refractivity contribution in [1.82, 2.24) is 4.98 Å². The van der Waals surface area contributed by atoms with Gasteiger partial charge < -0.3 is 9.84 Å². The van der Waals surface area contributed by atoms with E-state index in [-0.39, 0.29) is 12.3 Å². The molecule has 5 heteroatoms. The van der Waals surface area contributed by atoms with Crippen molar-refractivity contribution in [2.24, 2.45) is 0 Å². The molecule has 1 atom stereocenters. The number of rotatable bonds is 7. The van der Waals surface area contributed by atoms with Crippen LogP contribution in [0.4, 0.5) is 0 Å². The molecule has 3 aromatic rings. The van der Waals surface area contributed by atoms with Gasteiger partial charge in [-0.1, -0.05) is 48.4 Å². The molecule has 0 amide bonds. The molecule has 0 fully saturated rings. The largest absolute Gasteiger partial charge is 0.487 e. The average molecular weight is 377 g/mol. The van der Waals surface area contributed by atoms with Gasteiger partial charge >= 0.3 is 5.97 Å². The summed E-state index contributed by atoms with van der Waals surface area (Å²) in [6.07, 6.45) is -0.0118. The summed E-state index contributed by atoms with van der Waals surface area (Å²) in [4.78, 5) is 15.6. The molecular weight excluding hydrogens is 358 g/mol. The van der Waals surface area contributed by atoms with Gasteiger partial charge in [-0.15, -0.1) is 17.3 Å². The average Bonchev–Trinajstić information content (AvgIpc) is 3.16. The summed E-state index contributed by atoms with van der Waals surface area (Å²) in [5.74, 6) is 5.29. The Balaban J connectivity index is 1.62. The Morgan fingerprint density at radius 3 is 2.59 bits per heavy atom. The highest BCUT2D eigenvalue weighted by Gasteiger charge is 2.13. The summed E-state index contributed by atoms with van der Waals surface area (Å²) in [6.45, 7) is 2.10. The van der Waals surface area contributed by atoms with E-state index >= 15 is 0 Å². The quantitative estimate of drug-likeness (QED) is 0.591. The smallest absolute Gasteiger partial charge is 0.304 e. The highest BCUT2D eigenvalue weighted by molar-refractivity contribution is 7.13. The van der Waals surface area contributed by atoms with E-state index in [4.69, 9.17) is 9.84 Å². The first-order valence-corrected chi connectivity index (χ1v) is 9.40. The molecule has 4 nitrogen and oxygen atoms in total. The van der Waals surface area contributed by atoms with Gasteiger partial charge in [-0.2, -0.15) is 0 Å². The molecule has 2 aromatic carbocycles. The Morgan fingerprint density at radius 1 is 1.19 bits per heavy atom. The first-order chi connectivity index (χ1) is 13.2. The van der Waals surface area contributed by atoms with Crippen LogP contribution in [-0.4, -0.2) is 16.1 Å². The summed E-state index contributed by atoms with van der Waals surface area (Å²) in [6, 6.07) is 17.5. The van der Waals surface area contributed by atoms with Crippen LogP contribution in [0.3, 0.4) is 0 Å². The zero-order valence-electron chi connectivity index (χ0n) is 14.9. The van der Waals surface area contributed by atoms with Gasteiger partial charge in [-0.05, 0) is 24.6 Å². The fraction of sp³-hybridized carbons (Fsp3) is 0.182. The zero-order chi connectivity index (χ0) is 19.1. The van der Waals surface area contributed by atoms with Crippen LogP contribution in [0.2, 0.25) is 0 Å². The molecule has 1 heterocycles. The van der Waals surface area contributed by atoms with Crippen LogP contribution in [0.5, 0.6) is 5.75 Å². The van der Waals surface area contributed by atoms with Crippen LogP contribution in [0.1, 0.15) is 30.5 Å². The lowest BCUT2D eigenvalue weighted by molar-refractivity contribution is -0.137. The number of carboxylic acids is 1. The Hall–Kier alpha value is -3.10. The fourth-order valence-electron chi connectivity index (χ4n) is 2.64. The number of aromatic nitrogens is 1. The predicted molar refractivity (Wildman–Crippen MR) is 107 cm³/mol. The van der Waals surface area contributed by atoms with E-state index < -0.39 is 5.97 Å². The Morgan fingerprint density at radius 2 is 1.93 bits per heavy atom. The number of aliphatic carboxylic acids is 1. The minimum Gasteiger partial charge on any atom is -0.487 e. The van der Waals surface area contributed by atoms with Gasteiger partial charge in [0, 0.05) is 10.9 Å². The standard InChI is InChI=1S/C22H19NO3S/c1-2-6-18(13-21(24)25)16-9-11-20(12-10-16)26-14-19-15-27-22(23-19)17-7-4-3-5-8-17/h3-5,7-12,15,18H,13-14H2,1H3,(H,24,25). The maximum Gasteiger partial charge on any atom is 0.304 e. The van der Waals surface area contributed by atoms with Crippen molar-refractivity contribution in [3.8, 4) is 28.2 Å². The van der Waals surface area contributed by atoms with Crippen molar-refractivity contribution in [1.29, 1.82) is 0 Å². The monoisotopic (exact) mass is 377 g/mol. The number of hydrogen-bond acceptors (Lipinski definition) is 4. The Kier molecular flexibility index (Phi) is 6.24. The van der Waals surface area contributed by atoms with Crippen LogP contribution < -0.4 is 4.74 Å². The maximum absolute atomic E-state index is 11.0. The molecule has 1 N–H and O–H groups in total. The number of ether oxygens (including phenoxy) is 1. The topological polar surface area (TPSA) is 59.4 Å². The van der Waals surface area contributed by atoms with Gasteiger partial charge in [0.25, 0.3) is 0 Å². The summed E-state index contributed by atoms with van der Waals surface area (Å²) >= 11 is 1.59. The zero-order valence-corrected chi connectivity index (χ0v) is 15.7. The summed E-state index contributed by atoms with van der Waals surface area (Å²) in [5, 5.41) is 12.0. The number of carboxylic acid groups (broad SMARTS) is 1. The second-order valence-electron chi connectivity index (χ2n) is 5.91. The molecule has 0 radical (unpaired) electrons. The third kappa shape index (κ3) is 5.19. The van der Waals surface area contributed by atoms with Crippen molar-refractivity contribution in [3.63, 3.8) is 0 Å². The van der Waals surface area contributed by atoms with Crippen LogP contribution in [0.25, 0.3) is 10.6 Å². The third-order valence-electron chi connectivity index (χ3n) is 3.94. The lowest BCUT2D eigenvalue weighted by Crippen LogP contribution is -2.04. The van der Waals surface area contributed by atoms with Gasteiger partial charge in [0.15, 0.2) is 0 Å². The van der Waals surface area contributed by atoms with Crippen molar-refractivity contribution in [2.45, 2.75) is 25.9 Å². The molecule has 0 aliphatic rings. The van der Waals surface area contributed by atoms with E-state index in [0.717, 1.165) is 21.8 Å². The van der Waals surface area contributed by atoms with Crippen molar-refractivity contribution < 1.29 is 14.6 Å². The lowest BCUT2D eigenvalue weighted by atomic mass is 9.96. The number of nitrogens with zero attached hydrogens (tertiary/aromatic N) is 1. The molecule has 3 rings (SSSR count). The summed E-state index contributed by atoms with van der Waals surface area (Å²) < 4.78 is 5.81. The molecular formula is C22H19NO3S. The second-order valence-corrected chi connectivity index (χ2v) is 6.77. The van der Waals surface area contributed by atoms with E-state index in [0.29, 0.717) is 12.4 Å². The molecule has 0 spiro atoms. The van der Waals surface area contributed by atoms with Gasteiger partial charge in [0.2, 0.25) is 0 Å². The molecule has 1 unspecified atom stereocenters. The van der Waals surface area contributed by atoms with Gasteiger partial charge in [-0.25, -0.2) is 4.98 Å².